The molecule has 4 rings (SSSR count). The molecule has 1 unspecified atom stereocenters. The Morgan fingerprint density at radius 1 is 1.16 bits per heavy atom. The van der Waals surface area contributed by atoms with E-state index in [0.29, 0.717) is 17.3 Å². The summed E-state index contributed by atoms with van der Waals surface area (Å²) in [5.41, 5.74) is 1.93. The first-order chi connectivity index (χ1) is 12.1. The standard InChI is InChI=1S/C18H19N3O2S2/c1-2-15-5-6-17(24-15)25(22,23)21-13-12-20-11-3-4-16(20)18(21)14-7-9-19-10-8-14/h3-11,18H,2,12-13H2,1H3. The summed E-state index contributed by atoms with van der Waals surface area (Å²) in [6, 6.07) is 11.1. The average molecular weight is 374 g/mol. The molecule has 0 aliphatic carbocycles. The van der Waals surface area contributed by atoms with Crippen molar-refractivity contribution in [3.63, 3.8) is 0 Å². The van der Waals surface area contributed by atoms with Crippen LogP contribution in [-0.2, 0) is 23.0 Å². The van der Waals surface area contributed by atoms with Crippen molar-refractivity contribution in [1.82, 2.24) is 13.9 Å². The third-order valence-electron chi connectivity index (χ3n) is 4.56. The lowest BCUT2D eigenvalue weighted by atomic mass is 10.0. The number of pyridine rings is 1. The lowest BCUT2D eigenvalue weighted by molar-refractivity contribution is 0.299. The van der Waals surface area contributed by atoms with E-state index in [1.807, 2.05) is 43.5 Å². The summed E-state index contributed by atoms with van der Waals surface area (Å²) in [6.45, 7) is 3.15. The van der Waals surface area contributed by atoms with E-state index in [0.717, 1.165) is 22.6 Å². The number of sulfonamides is 1. The predicted octanol–water partition coefficient (Wildman–Crippen LogP) is 3.30. The predicted molar refractivity (Wildman–Crippen MR) is 98.1 cm³/mol. The van der Waals surface area contributed by atoms with Gasteiger partial charge in [-0.1, -0.05) is 6.92 Å². The maximum absolute atomic E-state index is 13.3. The summed E-state index contributed by atoms with van der Waals surface area (Å²) < 4.78 is 30.9. The van der Waals surface area contributed by atoms with Crippen LogP contribution in [0.1, 0.15) is 29.1 Å². The van der Waals surface area contributed by atoms with E-state index in [9.17, 15) is 8.42 Å². The van der Waals surface area contributed by atoms with Gasteiger partial charge in [-0.25, -0.2) is 8.42 Å². The third kappa shape index (κ3) is 2.82. The van der Waals surface area contributed by atoms with Crippen molar-refractivity contribution >= 4 is 21.4 Å². The van der Waals surface area contributed by atoms with Gasteiger partial charge in [-0.3, -0.25) is 4.98 Å². The number of hydrogen-bond acceptors (Lipinski definition) is 4. The first kappa shape index (κ1) is 16.5. The van der Waals surface area contributed by atoms with Crippen LogP contribution in [0, 0.1) is 0 Å². The Labute approximate surface area is 151 Å². The zero-order chi connectivity index (χ0) is 17.4. The fourth-order valence-electron chi connectivity index (χ4n) is 3.31. The van der Waals surface area contributed by atoms with Gasteiger partial charge in [0.05, 0.1) is 6.04 Å². The molecule has 3 aromatic heterocycles. The highest BCUT2D eigenvalue weighted by Gasteiger charge is 2.38. The maximum atomic E-state index is 13.3. The highest BCUT2D eigenvalue weighted by Crippen LogP contribution is 2.37. The number of nitrogens with zero attached hydrogens (tertiary/aromatic N) is 3. The van der Waals surface area contributed by atoms with Gasteiger partial charge >= 0.3 is 0 Å². The molecule has 130 valence electrons. The first-order valence-corrected chi connectivity index (χ1v) is 10.5. The molecule has 0 radical (unpaired) electrons. The van der Waals surface area contributed by atoms with Gasteiger partial charge in [0.25, 0.3) is 10.0 Å². The lowest BCUT2D eigenvalue weighted by Crippen LogP contribution is -2.42. The molecule has 0 fully saturated rings. The fourth-order valence-corrected chi connectivity index (χ4v) is 6.31. The van der Waals surface area contributed by atoms with Crippen molar-refractivity contribution in [1.29, 1.82) is 0 Å². The van der Waals surface area contributed by atoms with Crippen molar-refractivity contribution in [2.24, 2.45) is 0 Å². The third-order valence-corrected chi connectivity index (χ3v) is 8.13. The SMILES string of the molecule is CCc1ccc(S(=O)(=O)N2CCn3cccc3C2c2ccncc2)s1. The van der Waals surface area contributed by atoms with Crippen molar-refractivity contribution in [3.8, 4) is 0 Å². The number of hydrogen-bond donors (Lipinski definition) is 0. The summed E-state index contributed by atoms with van der Waals surface area (Å²) in [7, 11) is -3.55. The van der Waals surface area contributed by atoms with Crippen LogP contribution in [0.2, 0.25) is 0 Å². The molecule has 0 amide bonds. The maximum Gasteiger partial charge on any atom is 0.253 e. The number of rotatable bonds is 4. The van der Waals surface area contributed by atoms with Crippen LogP contribution in [0.4, 0.5) is 0 Å². The highest BCUT2D eigenvalue weighted by molar-refractivity contribution is 7.91. The van der Waals surface area contributed by atoms with Crippen LogP contribution in [0.25, 0.3) is 0 Å². The van der Waals surface area contributed by atoms with E-state index < -0.39 is 10.0 Å². The summed E-state index contributed by atoms with van der Waals surface area (Å²) in [5.74, 6) is 0. The van der Waals surface area contributed by atoms with Crippen molar-refractivity contribution in [2.75, 3.05) is 6.54 Å². The Kier molecular flexibility index (Phi) is 4.23. The Morgan fingerprint density at radius 3 is 2.68 bits per heavy atom. The molecular weight excluding hydrogens is 354 g/mol. The van der Waals surface area contributed by atoms with Crippen molar-refractivity contribution in [2.45, 2.75) is 30.1 Å². The van der Waals surface area contributed by atoms with Gasteiger partial charge in [-0.2, -0.15) is 4.31 Å². The summed E-state index contributed by atoms with van der Waals surface area (Å²) in [6.07, 6.45) is 6.27. The molecule has 3 aromatic rings. The Balaban J connectivity index is 1.82. The second-order valence-electron chi connectivity index (χ2n) is 6.00. The van der Waals surface area contributed by atoms with Crippen LogP contribution in [0.3, 0.4) is 0 Å². The normalized spacial score (nSPS) is 18.2. The largest absolute Gasteiger partial charge is 0.348 e. The van der Waals surface area contributed by atoms with Gasteiger partial charge in [0.2, 0.25) is 0 Å². The molecule has 0 N–H and O–H groups in total. The molecule has 5 nitrogen and oxygen atoms in total. The van der Waals surface area contributed by atoms with Crippen LogP contribution in [0.5, 0.6) is 0 Å². The van der Waals surface area contributed by atoms with Gasteiger partial charge in [0.15, 0.2) is 0 Å². The molecule has 25 heavy (non-hydrogen) atoms. The molecule has 4 heterocycles. The zero-order valence-corrected chi connectivity index (χ0v) is 15.5. The van der Waals surface area contributed by atoms with Gasteiger partial charge in [-0.05, 0) is 48.4 Å². The van der Waals surface area contributed by atoms with Crippen LogP contribution < -0.4 is 0 Å². The fraction of sp³-hybridized carbons (Fsp3) is 0.278. The average Bonchev–Trinajstić information content (AvgIpc) is 3.30. The van der Waals surface area contributed by atoms with E-state index in [1.165, 1.54) is 11.3 Å². The molecular formula is C18H19N3O2S2. The molecule has 0 bridgehead atoms. The Morgan fingerprint density at radius 2 is 1.96 bits per heavy atom. The molecule has 0 saturated carbocycles. The number of thiophene rings is 1. The first-order valence-electron chi connectivity index (χ1n) is 8.27. The molecule has 0 spiro atoms. The van der Waals surface area contributed by atoms with Gasteiger partial charge in [-0.15, -0.1) is 11.3 Å². The quantitative estimate of drug-likeness (QED) is 0.705. The van der Waals surface area contributed by atoms with Crippen LogP contribution >= 0.6 is 11.3 Å². The number of fused-ring (bicyclic) bond motifs is 1. The molecule has 1 aliphatic rings. The minimum Gasteiger partial charge on any atom is -0.348 e. The summed E-state index contributed by atoms with van der Waals surface area (Å²) in [4.78, 5) is 5.15. The topological polar surface area (TPSA) is 55.2 Å². The lowest BCUT2D eigenvalue weighted by Gasteiger charge is -2.35. The van der Waals surface area contributed by atoms with Gasteiger partial charge in [0, 0.05) is 42.3 Å². The smallest absolute Gasteiger partial charge is 0.253 e. The molecule has 1 aliphatic heterocycles. The van der Waals surface area contributed by atoms with Crippen LogP contribution in [0.15, 0.2) is 59.2 Å². The van der Waals surface area contributed by atoms with E-state index in [-0.39, 0.29) is 6.04 Å². The Hall–Kier alpha value is -1.96. The van der Waals surface area contributed by atoms with E-state index in [2.05, 4.69) is 9.55 Å². The second kappa shape index (κ2) is 6.40. The highest BCUT2D eigenvalue weighted by atomic mass is 32.2. The zero-order valence-electron chi connectivity index (χ0n) is 13.9. The number of aryl methyl sites for hydroxylation is 1. The van der Waals surface area contributed by atoms with Crippen molar-refractivity contribution in [3.05, 3.63) is 71.1 Å². The van der Waals surface area contributed by atoms with E-state index in [1.54, 1.807) is 22.8 Å². The molecule has 0 saturated heterocycles. The van der Waals surface area contributed by atoms with Crippen LogP contribution in [-0.4, -0.2) is 28.8 Å². The Bertz CT molecular complexity index is 977. The molecule has 7 heteroatoms. The van der Waals surface area contributed by atoms with E-state index in [4.69, 9.17) is 0 Å². The number of aromatic nitrogens is 2. The van der Waals surface area contributed by atoms with Crippen molar-refractivity contribution < 1.29 is 8.42 Å². The minimum atomic E-state index is -3.55. The second-order valence-corrected chi connectivity index (χ2v) is 9.29. The summed E-state index contributed by atoms with van der Waals surface area (Å²) >= 11 is 1.37. The minimum absolute atomic E-state index is 0.330. The molecule has 0 aromatic carbocycles. The van der Waals surface area contributed by atoms with Gasteiger partial charge in [0.1, 0.15) is 4.21 Å². The monoisotopic (exact) mass is 373 g/mol. The summed E-state index contributed by atoms with van der Waals surface area (Å²) in [5, 5.41) is 0. The molecule has 1 atom stereocenters. The van der Waals surface area contributed by atoms with E-state index >= 15 is 0 Å². The van der Waals surface area contributed by atoms with Gasteiger partial charge < -0.3 is 4.57 Å².